The zero-order valence-electron chi connectivity index (χ0n) is 12.1. The van der Waals surface area contributed by atoms with E-state index in [1.165, 1.54) is 11.3 Å². The highest BCUT2D eigenvalue weighted by Gasteiger charge is 2.22. The van der Waals surface area contributed by atoms with Crippen LogP contribution in [-0.2, 0) is 4.74 Å². The van der Waals surface area contributed by atoms with E-state index < -0.39 is 0 Å². The Morgan fingerprint density at radius 3 is 2.79 bits per heavy atom. The normalized spacial score (nSPS) is 18.9. The molecule has 1 aromatic heterocycles. The number of thiophene rings is 1. The molecule has 2 rings (SSSR count). The van der Waals surface area contributed by atoms with E-state index in [0.29, 0.717) is 6.04 Å². The molecule has 0 saturated carbocycles. The molecular weight excluding hydrogens is 256 g/mol. The molecule has 0 spiro atoms. The number of nitrogens with one attached hydrogen (secondary N) is 1. The third-order valence-electron chi connectivity index (χ3n) is 3.59. The van der Waals surface area contributed by atoms with Crippen LogP contribution in [0.15, 0.2) is 17.5 Å². The van der Waals surface area contributed by atoms with E-state index in [0.717, 1.165) is 45.3 Å². The predicted octanol–water partition coefficient (Wildman–Crippen LogP) is 2.76. The average molecular weight is 282 g/mol. The van der Waals surface area contributed by atoms with Gasteiger partial charge in [-0.05, 0) is 30.3 Å². The predicted molar refractivity (Wildman–Crippen MR) is 81.8 cm³/mol. The zero-order chi connectivity index (χ0) is 13.5. The minimum absolute atomic E-state index is 0.510. The van der Waals surface area contributed by atoms with E-state index in [-0.39, 0.29) is 0 Å². The quantitative estimate of drug-likeness (QED) is 0.778. The first-order valence-electron chi connectivity index (χ1n) is 7.33. The maximum Gasteiger partial charge on any atom is 0.0594 e. The summed E-state index contributed by atoms with van der Waals surface area (Å²) in [5, 5.41) is 5.80. The molecule has 0 bridgehead atoms. The average Bonchev–Trinajstić information content (AvgIpc) is 2.93. The summed E-state index contributed by atoms with van der Waals surface area (Å²) in [5.41, 5.74) is 0. The van der Waals surface area contributed by atoms with Crippen LogP contribution in [0, 0.1) is 5.92 Å². The van der Waals surface area contributed by atoms with Crippen molar-refractivity contribution < 1.29 is 4.74 Å². The molecule has 1 aromatic rings. The summed E-state index contributed by atoms with van der Waals surface area (Å²) in [5.74, 6) is 0.774. The standard InChI is InChI=1S/C15H26N2OS/c1-13(2)5-6-16-12-14(15-4-3-11-19-15)17-7-9-18-10-8-17/h3-4,11,13-14,16H,5-10,12H2,1-2H3. The summed E-state index contributed by atoms with van der Waals surface area (Å²) in [6.07, 6.45) is 1.25. The minimum atomic E-state index is 0.510. The topological polar surface area (TPSA) is 24.5 Å². The molecule has 0 radical (unpaired) electrons. The van der Waals surface area contributed by atoms with Crippen LogP contribution in [0.25, 0.3) is 0 Å². The van der Waals surface area contributed by atoms with Crippen LogP contribution in [0.1, 0.15) is 31.2 Å². The Hall–Kier alpha value is -0.420. The van der Waals surface area contributed by atoms with Gasteiger partial charge in [-0.1, -0.05) is 19.9 Å². The van der Waals surface area contributed by atoms with Crippen molar-refractivity contribution >= 4 is 11.3 Å². The fraction of sp³-hybridized carbons (Fsp3) is 0.733. The van der Waals surface area contributed by atoms with E-state index in [4.69, 9.17) is 4.74 Å². The lowest BCUT2D eigenvalue weighted by atomic mass is 10.1. The summed E-state index contributed by atoms with van der Waals surface area (Å²) in [6.45, 7) is 10.6. The van der Waals surface area contributed by atoms with Gasteiger partial charge in [-0.2, -0.15) is 0 Å². The number of hydrogen-bond acceptors (Lipinski definition) is 4. The molecule has 1 saturated heterocycles. The number of ether oxygens (including phenoxy) is 1. The van der Waals surface area contributed by atoms with Crippen molar-refractivity contribution in [2.45, 2.75) is 26.3 Å². The maximum atomic E-state index is 5.47. The highest BCUT2D eigenvalue weighted by Crippen LogP contribution is 2.25. The lowest BCUT2D eigenvalue weighted by molar-refractivity contribution is 0.0169. The van der Waals surface area contributed by atoms with Crippen molar-refractivity contribution in [2.24, 2.45) is 5.92 Å². The lowest BCUT2D eigenvalue weighted by Crippen LogP contribution is -2.42. The van der Waals surface area contributed by atoms with Crippen LogP contribution in [0.5, 0.6) is 0 Å². The van der Waals surface area contributed by atoms with Crippen molar-refractivity contribution in [1.82, 2.24) is 10.2 Å². The molecule has 3 nitrogen and oxygen atoms in total. The van der Waals surface area contributed by atoms with Crippen LogP contribution in [0.3, 0.4) is 0 Å². The number of hydrogen-bond donors (Lipinski definition) is 1. The van der Waals surface area contributed by atoms with E-state index in [1.807, 2.05) is 11.3 Å². The monoisotopic (exact) mass is 282 g/mol. The molecule has 1 unspecified atom stereocenters. The Balaban J connectivity index is 1.87. The zero-order valence-corrected chi connectivity index (χ0v) is 12.9. The largest absolute Gasteiger partial charge is 0.379 e. The first-order valence-corrected chi connectivity index (χ1v) is 8.21. The van der Waals surface area contributed by atoms with Crippen molar-refractivity contribution in [3.8, 4) is 0 Å². The molecular formula is C15H26N2OS. The van der Waals surface area contributed by atoms with E-state index in [1.54, 1.807) is 0 Å². The van der Waals surface area contributed by atoms with Gasteiger partial charge in [0.2, 0.25) is 0 Å². The molecule has 1 N–H and O–H groups in total. The summed E-state index contributed by atoms with van der Waals surface area (Å²) in [7, 11) is 0. The lowest BCUT2D eigenvalue weighted by Gasteiger charge is -2.34. The van der Waals surface area contributed by atoms with Gasteiger partial charge >= 0.3 is 0 Å². The molecule has 2 heterocycles. The van der Waals surface area contributed by atoms with Crippen LogP contribution in [0.2, 0.25) is 0 Å². The second-order valence-corrected chi connectivity index (χ2v) is 6.55. The van der Waals surface area contributed by atoms with Gasteiger partial charge in [0.05, 0.1) is 19.3 Å². The Bertz CT molecular complexity index is 334. The third kappa shape index (κ3) is 4.88. The van der Waals surface area contributed by atoms with Crippen molar-refractivity contribution in [1.29, 1.82) is 0 Å². The van der Waals surface area contributed by atoms with E-state index in [9.17, 15) is 0 Å². The fourth-order valence-corrected chi connectivity index (χ4v) is 3.27. The third-order valence-corrected chi connectivity index (χ3v) is 4.57. The Morgan fingerprint density at radius 1 is 1.37 bits per heavy atom. The highest BCUT2D eigenvalue weighted by atomic mass is 32.1. The molecule has 1 aliphatic heterocycles. The highest BCUT2D eigenvalue weighted by molar-refractivity contribution is 7.10. The summed E-state index contributed by atoms with van der Waals surface area (Å²) >= 11 is 1.87. The fourth-order valence-electron chi connectivity index (χ4n) is 2.41. The Labute approximate surface area is 121 Å². The molecule has 4 heteroatoms. The van der Waals surface area contributed by atoms with Crippen LogP contribution >= 0.6 is 11.3 Å². The van der Waals surface area contributed by atoms with E-state index >= 15 is 0 Å². The molecule has 0 aliphatic carbocycles. The number of morpholine rings is 1. The molecule has 1 atom stereocenters. The minimum Gasteiger partial charge on any atom is -0.379 e. The van der Waals surface area contributed by atoms with Gasteiger partial charge in [-0.25, -0.2) is 0 Å². The van der Waals surface area contributed by atoms with Crippen molar-refractivity contribution in [3.05, 3.63) is 22.4 Å². The first kappa shape index (κ1) is 15.0. The van der Waals surface area contributed by atoms with E-state index in [2.05, 4.69) is 41.6 Å². The first-order chi connectivity index (χ1) is 9.27. The van der Waals surface area contributed by atoms with Gasteiger partial charge < -0.3 is 10.1 Å². The maximum absolute atomic E-state index is 5.47. The van der Waals surface area contributed by atoms with Gasteiger partial charge in [0.25, 0.3) is 0 Å². The molecule has 1 aliphatic rings. The summed E-state index contributed by atoms with van der Waals surface area (Å²) in [6, 6.07) is 4.92. The molecule has 1 fully saturated rings. The second-order valence-electron chi connectivity index (χ2n) is 5.57. The number of nitrogens with zero attached hydrogens (tertiary/aromatic N) is 1. The van der Waals surface area contributed by atoms with Gasteiger partial charge in [-0.15, -0.1) is 11.3 Å². The van der Waals surface area contributed by atoms with Crippen LogP contribution < -0.4 is 5.32 Å². The SMILES string of the molecule is CC(C)CCNCC(c1cccs1)N1CCOCC1. The summed E-state index contributed by atoms with van der Waals surface area (Å²) in [4.78, 5) is 4.02. The van der Waals surface area contributed by atoms with Gasteiger partial charge in [-0.3, -0.25) is 4.90 Å². The van der Waals surface area contributed by atoms with Crippen LogP contribution in [-0.4, -0.2) is 44.3 Å². The Kier molecular flexibility index (Phi) is 6.31. The summed E-state index contributed by atoms with van der Waals surface area (Å²) < 4.78 is 5.47. The Morgan fingerprint density at radius 2 is 2.16 bits per heavy atom. The molecule has 0 amide bonds. The van der Waals surface area contributed by atoms with Gasteiger partial charge in [0.15, 0.2) is 0 Å². The van der Waals surface area contributed by atoms with Crippen molar-refractivity contribution in [3.63, 3.8) is 0 Å². The van der Waals surface area contributed by atoms with Gasteiger partial charge in [0, 0.05) is 24.5 Å². The number of rotatable bonds is 7. The smallest absolute Gasteiger partial charge is 0.0594 e. The van der Waals surface area contributed by atoms with Crippen LogP contribution in [0.4, 0.5) is 0 Å². The second kappa shape index (κ2) is 8.00. The molecule has 19 heavy (non-hydrogen) atoms. The van der Waals surface area contributed by atoms with Crippen molar-refractivity contribution in [2.75, 3.05) is 39.4 Å². The molecule has 0 aromatic carbocycles. The molecule has 108 valence electrons. The van der Waals surface area contributed by atoms with Gasteiger partial charge in [0.1, 0.15) is 0 Å².